The van der Waals surface area contributed by atoms with Crippen LogP contribution in [-0.2, 0) is 20.6 Å². The molecule has 0 saturated heterocycles. The summed E-state index contributed by atoms with van der Waals surface area (Å²) in [5.41, 5.74) is -6.00. The maximum Gasteiger partial charge on any atom is 0.424 e. The summed E-state index contributed by atoms with van der Waals surface area (Å²) in [4.78, 5) is 51.2. The number of hydrogen-bond acceptors (Lipinski definition) is 7. The first-order chi connectivity index (χ1) is 19.0. The molecule has 2 aromatic rings. The van der Waals surface area contributed by atoms with Gasteiger partial charge in [0.15, 0.2) is 23.2 Å². The Morgan fingerprint density at radius 1 is 0.762 bits per heavy atom. The summed E-state index contributed by atoms with van der Waals surface area (Å²) in [6.07, 6.45) is -4.75. The highest BCUT2D eigenvalue weighted by Crippen LogP contribution is 2.32. The summed E-state index contributed by atoms with van der Waals surface area (Å²) in [5, 5.41) is 1.83. The molecule has 0 unspecified atom stereocenters. The number of nitrogens with zero attached hydrogens (tertiary/aromatic N) is 1. The van der Waals surface area contributed by atoms with E-state index in [0.717, 1.165) is 24.3 Å². The van der Waals surface area contributed by atoms with Gasteiger partial charge in [0.2, 0.25) is 0 Å². The van der Waals surface area contributed by atoms with Crippen LogP contribution in [0.25, 0.3) is 0 Å². The minimum absolute atomic E-state index is 0.0497. The van der Waals surface area contributed by atoms with E-state index in [-0.39, 0.29) is 9.92 Å². The lowest BCUT2D eigenvalue weighted by Crippen LogP contribution is -2.44. The van der Waals surface area contributed by atoms with Gasteiger partial charge in [-0.3, -0.25) is 10.1 Å². The molecule has 230 valence electrons. The van der Waals surface area contributed by atoms with Gasteiger partial charge in [0.05, 0.1) is 16.3 Å². The van der Waals surface area contributed by atoms with Gasteiger partial charge in [-0.15, -0.1) is 0 Å². The molecular weight excluding hydrogens is 581 g/mol. The number of benzene rings is 2. The lowest BCUT2D eigenvalue weighted by Gasteiger charge is -2.29. The zero-order valence-corrected chi connectivity index (χ0v) is 25.6. The third-order valence-electron chi connectivity index (χ3n) is 4.88. The fraction of sp³-hybridized carbons (Fsp3) is 0.448. The van der Waals surface area contributed by atoms with Gasteiger partial charge in [0.25, 0.3) is 0 Å². The fourth-order valence-electron chi connectivity index (χ4n) is 3.38. The number of anilines is 2. The van der Waals surface area contributed by atoms with Gasteiger partial charge < -0.3 is 14.2 Å². The minimum Gasteiger partial charge on any atom is -0.444 e. The molecule has 0 aliphatic heterocycles. The van der Waals surface area contributed by atoms with Crippen LogP contribution in [0.3, 0.4) is 0 Å². The van der Waals surface area contributed by atoms with E-state index in [0.29, 0.717) is 0 Å². The van der Waals surface area contributed by atoms with Crippen molar-refractivity contribution in [3.63, 3.8) is 0 Å². The summed E-state index contributed by atoms with van der Waals surface area (Å²) in [6, 6.07) is 3.86. The Kier molecular flexibility index (Phi) is 10.3. The van der Waals surface area contributed by atoms with Crippen LogP contribution >= 0.6 is 11.6 Å². The number of carbonyl (C=O) groups is 4. The monoisotopic (exact) mass is 614 g/mol. The first-order valence-corrected chi connectivity index (χ1v) is 13.1. The van der Waals surface area contributed by atoms with Gasteiger partial charge in [0.1, 0.15) is 22.5 Å². The van der Waals surface area contributed by atoms with E-state index >= 15 is 13.2 Å². The standard InChI is InChI=1S/C29H34ClF3N2O7/c1-27(2,3)40-24(37)34-18-13-11-16(30)20(22(18)33)19(36)14-15-10-12-17(31)23(21(15)32)35(25(38)41-28(4,5)6)26(39)42-29(7,8)9/h10-13H,14H2,1-9H3,(H,34,37). The van der Waals surface area contributed by atoms with Gasteiger partial charge in [0, 0.05) is 6.42 Å². The van der Waals surface area contributed by atoms with Gasteiger partial charge >= 0.3 is 18.3 Å². The van der Waals surface area contributed by atoms with Crippen molar-refractivity contribution < 1.29 is 46.6 Å². The predicted molar refractivity (Wildman–Crippen MR) is 151 cm³/mol. The van der Waals surface area contributed by atoms with Crippen molar-refractivity contribution in [3.8, 4) is 0 Å². The molecule has 0 radical (unpaired) electrons. The van der Waals surface area contributed by atoms with E-state index in [2.05, 4.69) is 5.32 Å². The van der Waals surface area contributed by atoms with Crippen molar-refractivity contribution >= 4 is 47.0 Å². The molecule has 0 aliphatic rings. The van der Waals surface area contributed by atoms with Crippen LogP contribution in [0.5, 0.6) is 0 Å². The molecule has 13 heteroatoms. The SMILES string of the molecule is CC(C)(C)OC(=O)Nc1ccc(Cl)c(C(=O)Cc2ccc(F)c(N(C(=O)OC(C)(C)C)C(=O)OC(C)(C)C)c2F)c1F. The smallest absolute Gasteiger partial charge is 0.424 e. The van der Waals surface area contributed by atoms with Crippen molar-refractivity contribution in [2.45, 2.75) is 85.5 Å². The second-order valence-corrected chi connectivity index (χ2v) is 12.6. The van der Waals surface area contributed by atoms with Crippen LogP contribution in [0.2, 0.25) is 5.02 Å². The van der Waals surface area contributed by atoms with Crippen molar-refractivity contribution in [1.29, 1.82) is 0 Å². The van der Waals surface area contributed by atoms with E-state index in [1.165, 1.54) is 41.5 Å². The number of halogens is 4. The second kappa shape index (κ2) is 12.6. The van der Waals surface area contributed by atoms with Crippen molar-refractivity contribution in [2.75, 3.05) is 10.2 Å². The van der Waals surface area contributed by atoms with Crippen LogP contribution in [0.4, 0.5) is 38.9 Å². The third kappa shape index (κ3) is 9.37. The number of amides is 3. The number of Topliss-reactive ketones (excluding diaryl/α,β-unsaturated/α-hetero) is 1. The summed E-state index contributed by atoms with van der Waals surface area (Å²) in [6.45, 7) is 13.6. The zero-order chi connectivity index (χ0) is 32.4. The Morgan fingerprint density at radius 3 is 1.74 bits per heavy atom. The largest absolute Gasteiger partial charge is 0.444 e. The van der Waals surface area contributed by atoms with Gasteiger partial charge in [-0.05, 0) is 86.1 Å². The normalized spacial score (nSPS) is 11.9. The van der Waals surface area contributed by atoms with Crippen LogP contribution in [-0.4, -0.2) is 40.9 Å². The molecule has 0 aliphatic carbocycles. The average molecular weight is 615 g/mol. The maximum absolute atomic E-state index is 15.8. The predicted octanol–water partition coefficient (Wildman–Crippen LogP) is 8.21. The molecule has 0 atom stereocenters. The van der Waals surface area contributed by atoms with Gasteiger partial charge in [-0.1, -0.05) is 17.7 Å². The van der Waals surface area contributed by atoms with Crippen LogP contribution in [0.15, 0.2) is 24.3 Å². The van der Waals surface area contributed by atoms with Crippen LogP contribution in [0, 0.1) is 17.5 Å². The number of ether oxygens (including phenoxy) is 3. The van der Waals surface area contributed by atoms with Crippen LogP contribution in [0.1, 0.15) is 78.2 Å². The topological polar surface area (TPSA) is 111 Å². The minimum atomic E-state index is -1.47. The number of nitrogens with one attached hydrogen (secondary N) is 1. The van der Waals surface area contributed by atoms with Crippen LogP contribution < -0.4 is 10.2 Å². The molecule has 9 nitrogen and oxygen atoms in total. The lowest BCUT2D eigenvalue weighted by atomic mass is 10.0. The molecule has 42 heavy (non-hydrogen) atoms. The Morgan fingerprint density at radius 2 is 1.26 bits per heavy atom. The third-order valence-corrected chi connectivity index (χ3v) is 5.19. The Hall–Kier alpha value is -3.80. The van der Waals surface area contributed by atoms with E-state index < -0.39 is 87.2 Å². The number of hydrogen-bond donors (Lipinski definition) is 1. The summed E-state index contributed by atoms with van der Waals surface area (Å²) >= 11 is 6.07. The molecule has 3 amide bonds. The Balaban J connectivity index is 2.54. The summed E-state index contributed by atoms with van der Waals surface area (Å²) < 4.78 is 61.6. The van der Waals surface area contributed by atoms with Crippen molar-refractivity contribution in [1.82, 2.24) is 0 Å². The highest BCUT2D eigenvalue weighted by molar-refractivity contribution is 6.34. The molecule has 0 fully saturated rings. The van der Waals surface area contributed by atoms with E-state index in [1.54, 1.807) is 20.8 Å². The summed E-state index contributed by atoms with van der Waals surface area (Å²) in [5.74, 6) is -5.08. The molecule has 1 N–H and O–H groups in total. The molecule has 0 saturated carbocycles. The number of carbonyl (C=O) groups excluding carboxylic acids is 4. The highest BCUT2D eigenvalue weighted by atomic mass is 35.5. The Bertz CT molecular complexity index is 1370. The number of imide groups is 1. The molecule has 2 rings (SSSR count). The lowest BCUT2D eigenvalue weighted by molar-refractivity contribution is 0.0425. The van der Waals surface area contributed by atoms with E-state index in [4.69, 9.17) is 25.8 Å². The maximum atomic E-state index is 15.8. The quantitative estimate of drug-likeness (QED) is 0.267. The average Bonchev–Trinajstić information content (AvgIpc) is 2.76. The molecule has 0 heterocycles. The number of rotatable bonds is 5. The van der Waals surface area contributed by atoms with Crippen molar-refractivity contribution in [2.24, 2.45) is 0 Å². The van der Waals surface area contributed by atoms with Gasteiger partial charge in [-0.2, -0.15) is 4.90 Å². The molecular formula is C29H34ClF3N2O7. The molecule has 0 spiro atoms. The first-order valence-electron chi connectivity index (χ1n) is 12.7. The molecule has 0 bridgehead atoms. The Labute approximate surface area is 247 Å². The van der Waals surface area contributed by atoms with Gasteiger partial charge in [-0.25, -0.2) is 27.6 Å². The second-order valence-electron chi connectivity index (χ2n) is 12.2. The van der Waals surface area contributed by atoms with E-state index in [9.17, 15) is 19.2 Å². The van der Waals surface area contributed by atoms with Crippen molar-refractivity contribution in [3.05, 3.63) is 57.9 Å². The summed E-state index contributed by atoms with van der Waals surface area (Å²) in [7, 11) is 0. The van der Waals surface area contributed by atoms with E-state index in [1.807, 2.05) is 0 Å². The fourth-order valence-corrected chi connectivity index (χ4v) is 3.63. The molecule has 2 aromatic carbocycles. The molecule has 0 aromatic heterocycles. The highest BCUT2D eigenvalue weighted by Gasteiger charge is 2.37. The number of ketones is 1. The first kappa shape index (κ1) is 34.4. The zero-order valence-electron chi connectivity index (χ0n) is 24.8.